The fourth-order valence-electron chi connectivity index (χ4n) is 2.17. The number of nitrogens with zero attached hydrogens (tertiary/aromatic N) is 1. The summed E-state index contributed by atoms with van der Waals surface area (Å²) in [6.07, 6.45) is 1.59. The largest absolute Gasteiger partial charge is 0.484 e. The van der Waals surface area contributed by atoms with Crippen molar-refractivity contribution in [3.8, 4) is 5.75 Å². The molecule has 1 aliphatic heterocycles. The van der Waals surface area contributed by atoms with Gasteiger partial charge in [-0.15, -0.1) is 0 Å². The monoisotopic (exact) mass is 365 g/mol. The SMILES string of the molecule is CN1/C(=C/C(=O)COc2ccc(Cl)cc2Cl)Sc2ccccc21. The molecule has 23 heavy (non-hydrogen) atoms. The molecule has 0 radical (unpaired) electrons. The average Bonchev–Trinajstić information content (AvgIpc) is 2.83. The van der Waals surface area contributed by atoms with E-state index in [0.29, 0.717) is 15.8 Å². The second-order valence-electron chi connectivity index (χ2n) is 4.94. The molecule has 0 spiro atoms. The number of halogens is 2. The van der Waals surface area contributed by atoms with E-state index in [9.17, 15) is 4.79 Å². The Morgan fingerprint density at radius 2 is 2.04 bits per heavy atom. The van der Waals surface area contributed by atoms with E-state index in [1.54, 1.807) is 36.0 Å². The van der Waals surface area contributed by atoms with Gasteiger partial charge in [0.1, 0.15) is 5.75 Å². The molecule has 6 heteroatoms. The van der Waals surface area contributed by atoms with Crippen LogP contribution in [0.15, 0.2) is 58.5 Å². The Labute approximate surface area is 148 Å². The molecule has 0 aromatic heterocycles. The van der Waals surface area contributed by atoms with E-state index < -0.39 is 0 Å². The molecule has 2 aromatic rings. The molecule has 3 nitrogen and oxygen atoms in total. The van der Waals surface area contributed by atoms with Gasteiger partial charge in [0, 0.05) is 23.0 Å². The zero-order valence-corrected chi connectivity index (χ0v) is 14.6. The van der Waals surface area contributed by atoms with Crippen LogP contribution in [0.3, 0.4) is 0 Å². The molecular weight excluding hydrogens is 353 g/mol. The first-order chi connectivity index (χ1) is 11.0. The fraction of sp³-hybridized carbons (Fsp3) is 0.118. The number of ketones is 1. The van der Waals surface area contributed by atoms with Crippen LogP contribution in [0.4, 0.5) is 5.69 Å². The Morgan fingerprint density at radius 1 is 1.26 bits per heavy atom. The summed E-state index contributed by atoms with van der Waals surface area (Å²) < 4.78 is 5.46. The summed E-state index contributed by atoms with van der Waals surface area (Å²) in [7, 11) is 1.94. The first-order valence-corrected chi connectivity index (χ1v) is 8.45. The van der Waals surface area contributed by atoms with Crippen molar-refractivity contribution in [3.05, 3.63) is 63.6 Å². The van der Waals surface area contributed by atoms with Crippen LogP contribution in [0.5, 0.6) is 5.75 Å². The van der Waals surface area contributed by atoms with E-state index >= 15 is 0 Å². The maximum atomic E-state index is 12.1. The number of benzene rings is 2. The Bertz CT molecular complexity index is 792. The summed E-state index contributed by atoms with van der Waals surface area (Å²) in [6.45, 7) is -0.0738. The molecule has 0 atom stereocenters. The van der Waals surface area contributed by atoms with Gasteiger partial charge in [0.2, 0.25) is 0 Å². The Balaban J connectivity index is 1.66. The smallest absolute Gasteiger partial charge is 0.195 e. The molecule has 0 saturated carbocycles. The molecule has 2 aromatic carbocycles. The van der Waals surface area contributed by atoms with Crippen LogP contribution in [0.2, 0.25) is 10.0 Å². The van der Waals surface area contributed by atoms with Crippen molar-refractivity contribution in [3.63, 3.8) is 0 Å². The maximum Gasteiger partial charge on any atom is 0.195 e. The molecule has 3 rings (SSSR count). The van der Waals surface area contributed by atoms with Gasteiger partial charge >= 0.3 is 0 Å². The molecule has 0 aliphatic carbocycles. The lowest BCUT2D eigenvalue weighted by atomic mass is 10.3. The van der Waals surface area contributed by atoms with Gasteiger partial charge in [0.25, 0.3) is 0 Å². The predicted octanol–water partition coefficient (Wildman–Crippen LogP) is 5.02. The van der Waals surface area contributed by atoms with Crippen LogP contribution >= 0.6 is 35.0 Å². The first-order valence-electron chi connectivity index (χ1n) is 6.87. The van der Waals surface area contributed by atoms with Gasteiger partial charge in [0.15, 0.2) is 12.4 Å². The average molecular weight is 366 g/mol. The van der Waals surface area contributed by atoms with Gasteiger partial charge in [-0.25, -0.2) is 0 Å². The fourth-order valence-corrected chi connectivity index (χ4v) is 3.74. The van der Waals surface area contributed by atoms with Crippen LogP contribution in [0, 0.1) is 0 Å². The number of hydrogen-bond donors (Lipinski definition) is 0. The van der Waals surface area contributed by atoms with Crippen molar-refractivity contribution in [2.24, 2.45) is 0 Å². The van der Waals surface area contributed by atoms with Crippen molar-refractivity contribution in [1.82, 2.24) is 0 Å². The summed E-state index contributed by atoms with van der Waals surface area (Å²) in [6, 6.07) is 12.9. The third kappa shape index (κ3) is 3.66. The predicted molar refractivity (Wildman–Crippen MR) is 95.7 cm³/mol. The maximum absolute atomic E-state index is 12.1. The molecule has 0 amide bonds. The standard InChI is InChI=1S/C17H13Cl2NO2S/c1-20-14-4-2-3-5-16(14)23-17(20)9-12(21)10-22-15-7-6-11(18)8-13(15)19/h2-9H,10H2,1H3/b17-9-. The molecule has 0 bridgehead atoms. The molecule has 1 heterocycles. The highest BCUT2D eigenvalue weighted by atomic mass is 35.5. The van der Waals surface area contributed by atoms with Crippen LogP contribution in [-0.4, -0.2) is 19.4 Å². The lowest BCUT2D eigenvalue weighted by Gasteiger charge is -2.13. The molecular formula is C17H13Cl2NO2S. The van der Waals surface area contributed by atoms with Gasteiger partial charge in [-0.3, -0.25) is 4.79 Å². The van der Waals surface area contributed by atoms with E-state index in [4.69, 9.17) is 27.9 Å². The van der Waals surface area contributed by atoms with Crippen LogP contribution < -0.4 is 9.64 Å². The summed E-state index contributed by atoms with van der Waals surface area (Å²) in [5, 5.41) is 1.79. The number of ether oxygens (including phenoxy) is 1. The van der Waals surface area contributed by atoms with Crippen LogP contribution in [-0.2, 0) is 4.79 Å². The van der Waals surface area contributed by atoms with Crippen molar-refractivity contribution in [2.75, 3.05) is 18.6 Å². The van der Waals surface area contributed by atoms with Crippen LogP contribution in [0.1, 0.15) is 0 Å². The van der Waals surface area contributed by atoms with Crippen molar-refractivity contribution in [1.29, 1.82) is 0 Å². The van der Waals surface area contributed by atoms with Crippen LogP contribution in [0.25, 0.3) is 0 Å². The summed E-state index contributed by atoms with van der Waals surface area (Å²) in [5.41, 5.74) is 1.10. The Hall–Kier alpha value is -1.62. The minimum absolute atomic E-state index is 0.0738. The summed E-state index contributed by atoms with van der Waals surface area (Å²) in [4.78, 5) is 15.3. The molecule has 1 aliphatic rings. The van der Waals surface area contributed by atoms with Crippen molar-refractivity contribution >= 4 is 46.4 Å². The second-order valence-corrected chi connectivity index (χ2v) is 6.85. The Kier molecular flexibility index (Phi) is 4.85. The number of rotatable bonds is 4. The van der Waals surface area contributed by atoms with Crippen molar-refractivity contribution in [2.45, 2.75) is 4.90 Å². The highest BCUT2D eigenvalue weighted by molar-refractivity contribution is 8.03. The highest BCUT2D eigenvalue weighted by Crippen LogP contribution is 2.44. The van der Waals surface area contributed by atoms with E-state index in [1.165, 1.54) is 0 Å². The number of fused-ring (bicyclic) bond motifs is 1. The number of para-hydroxylation sites is 1. The molecule has 0 N–H and O–H groups in total. The van der Waals surface area contributed by atoms with Crippen molar-refractivity contribution < 1.29 is 9.53 Å². The van der Waals surface area contributed by atoms with Gasteiger partial charge < -0.3 is 9.64 Å². The third-order valence-electron chi connectivity index (χ3n) is 3.32. The van der Waals surface area contributed by atoms with E-state index in [0.717, 1.165) is 15.6 Å². The lowest BCUT2D eigenvalue weighted by molar-refractivity contribution is -0.116. The molecule has 118 valence electrons. The minimum Gasteiger partial charge on any atom is -0.484 e. The number of thioether (sulfide) groups is 1. The number of anilines is 1. The van der Waals surface area contributed by atoms with E-state index in [1.807, 2.05) is 36.2 Å². The topological polar surface area (TPSA) is 29.5 Å². The van der Waals surface area contributed by atoms with Gasteiger partial charge in [-0.05, 0) is 30.3 Å². The number of hydrogen-bond acceptors (Lipinski definition) is 4. The zero-order chi connectivity index (χ0) is 16.4. The molecule has 0 unspecified atom stereocenters. The van der Waals surface area contributed by atoms with E-state index in [2.05, 4.69) is 0 Å². The second kappa shape index (κ2) is 6.87. The normalized spacial score (nSPS) is 14.9. The quantitative estimate of drug-likeness (QED) is 0.711. The molecule has 0 saturated heterocycles. The zero-order valence-electron chi connectivity index (χ0n) is 12.3. The minimum atomic E-state index is -0.127. The third-order valence-corrected chi connectivity index (χ3v) is 5.02. The summed E-state index contributed by atoms with van der Waals surface area (Å²) >= 11 is 13.4. The number of carbonyl (C=O) groups excluding carboxylic acids is 1. The van der Waals surface area contributed by atoms with Gasteiger partial charge in [-0.2, -0.15) is 0 Å². The first kappa shape index (κ1) is 16.2. The van der Waals surface area contributed by atoms with Gasteiger partial charge in [-0.1, -0.05) is 47.1 Å². The lowest BCUT2D eigenvalue weighted by Crippen LogP contribution is -2.14. The van der Waals surface area contributed by atoms with Gasteiger partial charge in [0.05, 0.1) is 15.7 Å². The molecule has 0 fully saturated rings. The summed E-state index contributed by atoms with van der Waals surface area (Å²) in [5.74, 6) is 0.316. The Morgan fingerprint density at radius 3 is 2.78 bits per heavy atom. The van der Waals surface area contributed by atoms with E-state index in [-0.39, 0.29) is 12.4 Å². The highest BCUT2D eigenvalue weighted by Gasteiger charge is 2.22. The number of carbonyl (C=O) groups is 1.